The number of carbonyl (C=O) groups excluding carboxylic acids is 2. The summed E-state index contributed by atoms with van der Waals surface area (Å²) in [5.74, 6) is 0.140. The minimum Gasteiger partial charge on any atom is -0.348 e. The van der Waals surface area contributed by atoms with Gasteiger partial charge in [0.25, 0.3) is 0 Å². The van der Waals surface area contributed by atoms with Gasteiger partial charge in [-0.05, 0) is 12.8 Å². The Morgan fingerprint density at radius 1 is 1.10 bits per heavy atom. The van der Waals surface area contributed by atoms with Gasteiger partial charge in [0.1, 0.15) is 0 Å². The van der Waals surface area contributed by atoms with Gasteiger partial charge in [0.15, 0.2) is 0 Å². The lowest BCUT2D eigenvalue weighted by molar-refractivity contribution is -0.139. The van der Waals surface area contributed by atoms with E-state index in [2.05, 4.69) is 4.90 Å². The number of nitrogens with zero attached hydrogens (tertiary/aromatic N) is 3. The zero-order chi connectivity index (χ0) is 15.3. The summed E-state index contributed by atoms with van der Waals surface area (Å²) in [6.07, 6.45) is 1.31. The molecule has 1 heterocycles. The molecule has 6 nitrogen and oxygen atoms in total. The van der Waals surface area contributed by atoms with Crippen LogP contribution in [-0.4, -0.2) is 78.9 Å². The summed E-state index contributed by atoms with van der Waals surface area (Å²) < 4.78 is 0. The van der Waals surface area contributed by atoms with Gasteiger partial charge in [-0.3, -0.25) is 14.5 Å². The summed E-state index contributed by atoms with van der Waals surface area (Å²) in [5, 5.41) is 0. The smallest absolute Gasteiger partial charge is 0.242 e. The fourth-order valence-corrected chi connectivity index (χ4v) is 2.31. The molecule has 1 saturated heterocycles. The monoisotopic (exact) mass is 284 g/mol. The quantitative estimate of drug-likeness (QED) is 0.755. The Morgan fingerprint density at radius 3 is 2.00 bits per heavy atom. The van der Waals surface area contributed by atoms with Crippen molar-refractivity contribution < 1.29 is 9.59 Å². The van der Waals surface area contributed by atoms with E-state index in [0.717, 1.165) is 13.1 Å². The van der Waals surface area contributed by atoms with Crippen LogP contribution in [0.3, 0.4) is 0 Å². The number of likely N-dealkylation sites (N-methyl/N-ethyl adjacent to an activating group) is 1. The molecule has 2 amide bonds. The Kier molecular flexibility index (Phi) is 5.95. The summed E-state index contributed by atoms with van der Waals surface area (Å²) in [5.41, 5.74) is 5.43. The number of hydrogen-bond acceptors (Lipinski definition) is 4. The van der Waals surface area contributed by atoms with E-state index in [1.165, 1.54) is 0 Å². The van der Waals surface area contributed by atoms with Crippen LogP contribution in [0, 0.1) is 0 Å². The Labute approximate surface area is 121 Å². The summed E-state index contributed by atoms with van der Waals surface area (Å²) in [7, 11) is 3.51. The van der Waals surface area contributed by atoms with E-state index in [1.54, 1.807) is 19.0 Å². The SMILES string of the molecule is CCC(N)(CC)C(=O)N1CCN(CC(=O)N(C)C)CC1. The van der Waals surface area contributed by atoms with E-state index in [-0.39, 0.29) is 11.8 Å². The summed E-state index contributed by atoms with van der Waals surface area (Å²) in [6.45, 7) is 7.09. The van der Waals surface area contributed by atoms with Gasteiger partial charge in [-0.25, -0.2) is 0 Å². The van der Waals surface area contributed by atoms with Gasteiger partial charge in [0, 0.05) is 40.3 Å². The largest absolute Gasteiger partial charge is 0.348 e. The van der Waals surface area contributed by atoms with Gasteiger partial charge in [-0.2, -0.15) is 0 Å². The van der Waals surface area contributed by atoms with E-state index >= 15 is 0 Å². The van der Waals surface area contributed by atoms with E-state index in [4.69, 9.17) is 5.73 Å². The molecule has 0 atom stereocenters. The van der Waals surface area contributed by atoms with Crippen LogP contribution in [0.2, 0.25) is 0 Å². The van der Waals surface area contributed by atoms with Crippen LogP contribution >= 0.6 is 0 Å². The van der Waals surface area contributed by atoms with Crippen LogP contribution < -0.4 is 5.73 Å². The maximum atomic E-state index is 12.4. The molecule has 0 aromatic carbocycles. The predicted molar refractivity (Wildman–Crippen MR) is 79.2 cm³/mol. The average Bonchev–Trinajstić information content (AvgIpc) is 2.46. The van der Waals surface area contributed by atoms with Crippen molar-refractivity contribution in [3.63, 3.8) is 0 Å². The molecule has 0 aromatic rings. The third-order valence-corrected chi connectivity index (χ3v) is 4.20. The summed E-state index contributed by atoms with van der Waals surface area (Å²) in [4.78, 5) is 29.6. The van der Waals surface area contributed by atoms with Crippen LogP contribution in [-0.2, 0) is 9.59 Å². The van der Waals surface area contributed by atoms with Gasteiger partial charge in [-0.1, -0.05) is 13.8 Å². The minimum absolute atomic E-state index is 0.0427. The molecule has 116 valence electrons. The Bertz CT molecular complexity index is 345. The lowest BCUT2D eigenvalue weighted by Crippen LogP contribution is -2.59. The van der Waals surface area contributed by atoms with E-state index in [9.17, 15) is 9.59 Å². The Morgan fingerprint density at radius 2 is 1.60 bits per heavy atom. The second-order valence-electron chi connectivity index (χ2n) is 5.72. The molecular formula is C14H28N4O2. The molecular weight excluding hydrogens is 256 g/mol. The van der Waals surface area contributed by atoms with Crippen LogP contribution in [0.25, 0.3) is 0 Å². The highest BCUT2D eigenvalue weighted by atomic mass is 16.2. The third-order valence-electron chi connectivity index (χ3n) is 4.20. The highest BCUT2D eigenvalue weighted by Gasteiger charge is 2.35. The first kappa shape index (κ1) is 16.9. The van der Waals surface area contributed by atoms with Crippen LogP contribution in [0.1, 0.15) is 26.7 Å². The zero-order valence-electron chi connectivity index (χ0n) is 13.2. The van der Waals surface area contributed by atoms with Crippen molar-refractivity contribution >= 4 is 11.8 Å². The van der Waals surface area contributed by atoms with Crippen LogP contribution in [0.15, 0.2) is 0 Å². The minimum atomic E-state index is -0.734. The highest BCUT2D eigenvalue weighted by Crippen LogP contribution is 2.16. The first-order valence-corrected chi connectivity index (χ1v) is 7.34. The Balaban J connectivity index is 2.50. The third kappa shape index (κ3) is 3.93. The zero-order valence-corrected chi connectivity index (χ0v) is 13.2. The van der Waals surface area contributed by atoms with E-state index in [1.807, 2.05) is 18.7 Å². The van der Waals surface area contributed by atoms with Gasteiger partial charge in [0.05, 0.1) is 12.1 Å². The van der Waals surface area contributed by atoms with Crippen molar-refractivity contribution in [3.05, 3.63) is 0 Å². The summed E-state index contributed by atoms with van der Waals surface area (Å²) >= 11 is 0. The molecule has 1 fully saturated rings. The highest BCUT2D eigenvalue weighted by molar-refractivity contribution is 5.86. The molecule has 0 aliphatic carbocycles. The molecule has 6 heteroatoms. The maximum Gasteiger partial charge on any atom is 0.242 e. The number of piperazine rings is 1. The number of carbonyl (C=O) groups is 2. The van der Waals surface area contributed by atoms with Gasteiger partial charge in [-0.15, -0.1) is 0 Å². The maximum absolute atomic E-state index is 12.4. The second-order valence-corrected chi connectivity index (χ2v) is 5.72. The van der Waals surface area contributed by atoms with Gasteiger partial charge >= 0.3 is 0 Å². The molecule has 0 saturated carbocycles. The normalized spacial score (nSPS) is 17.1. The number of hydrogen-bond donors (Lipinski definition) is 1. The lowest BCUT2D eigenvalue weighted by atomic mass is 9.92. The van der Waals surface area contributed by atoms with Crippen molar-refractivity contribution in [1.82, 2.24) is 14.7 Å². The van der Waals surface area contributed by atoms with Gasteiger partial charge in [0.2, 0.25) is 11.8 Å². The summed E-state index contributed by atoms with van der Waals surface area (Å²) in [6, 6.07) is 0. The van der Waals surface area contributed by atoms with Crippen molar-refractivity contribution in [2.24, 2.45) is 5.73 Å². The molecule has 0 spiro atoms. The molecule has 0 radical (unpaired) electrons. The van der Waals surface area contributed by atoms with E-state index < -0.39 is 5.54 Å². The average molecular weight is 284 g/mol. The molecule has 2 N–H and O–H groups in total. The molecule has 0 aromatic heterocycles. The topological polar surface area (TPSA) is 69.9 Å². The molecule has 1 aliphatic rings. The van der Waals surface area contributed by atoms with E-state index in [0.29, 0.717) is 32.5 Å². The standard InChI is InChI=1S/C14H28N4O2/c1-5-14(15,6-2)13(20)18-9-7-17(8-10-18)11-12(19)16(3)4/h5-11,15H2,1-4H3. The van der Waals surface area contributed by atoms with Crippen molar-refractivity contribution in [3.8, 4) is 0 Å². The fourth-order valence-electron chi connectivity index (χ4n) is 2.31. The number of amides is 2. The molecule has 0 bridgehead atoms. The molecule has 20 heavy (non-hydrogen) atoms. The second kappa shape index (κ2) is 7.04. The molecule has 1 aliphatic heterocycles. The number of nitrogens with two attached hydrogens (primary N) is 1. The van der Waals surface area contributed by atoms with Crippen molar-refractivity contribution in [2.45, 2.75) is 32.2 Å². The van der Waals surface area contributed by atoms with Crippen LogP contribution in [0.5, 0.6) is 0 Å². The predicted octanol–water partition coefficient (Wildman–Crippen LogP) is -0.264. The Hall–Kier alpha value is -1.14. The van der Waals surface area contributed by atoms with Crippen molar-refractivity contribution in [1.29, 1.82) is 0 Å². The van der Waals surface area contributed by atoms with Crippen molar-refractivity contribution in [2.75, 3.05) is 46.8 Å². The lowest BCUT2D eigenvalue weighted by Gasteiger charge is -2.39. The first-order valence-electron chi connectivity index (χ1n) is 7.34. The molecule has 0 unspecified atom stereocenters. The molecule has 1 rings (SSSR count). The van der Waals surface area contributed by atoms with Gasteiger partial charge < -0.3 is 15.5 Å². The van der Waals surface area contributed by atoms with Crippen LogP contribution in [0.4, 0.5) is 0 Å². The fraction of sp³-hybridized carbons (Fsp3) is 0.857. The number of rotatable bonds is 5. The first-order chi connectivity index (χ1) is 9.34.